The van der Waals surface area contributed by atoms with Crippen molar-refractivity contribution in [2.75, 3.05) is 13.2 Å². The molecule has 0 saturated carbocycles. The summed E-state index contributed by atoms with van der Waals surface area (Å²) in [5, 5.41) is 11.9. The third-order valence-corrected chi connectivity index (χ3v) is 2.68. The van der Waals surface area contributed by atoms with E-state index in [1.54, 1.807) is 0 Å². The third-order valence-electron chi connectivity index (χ3n) is 2.68. The molecule has 0 aromatic carbocycles. The number of carbonyl (C=O) groups excluding carboxylic acids is 1. The lowest BCUT2D eigenvalue weighted by Gasteiger charge is -2.20. The molecule has 0 saturated heterocycles. The van der Waals surface area contributed by atoms with Crippen molar-refractivity contribution in [3.05, 3.63) is 0 Å². The molecule has 2 N–H and O–H groups in total. The van der Waals surface area contributed by atoms with Crippen LogP contribution in [0.2, 0.25) is 0 Å². The van der Waals surface area contributed by atoms with E-state index < -0.39 is 5.60 Å². The Morgan fingerprint density at radius 3 is 2.39 bits per heavy atom. The first-order valence-electron chi connectivity index (χ1n) is 6.96. The standard InChI is InChI=1S/C14H29NO3/c1-5-6-8-12(11-16)9-7-10-15-13(17)18-14(2,3)4/h12,16H,5-11H2,1-4H3,(H,15,17). The van der Waals surface area contributed by atoms with Crippen LogP contribution in [0.4, 0.5) is 4.79 Å². The number of aliphatic hydroxyl groups excluding tert-OH is 1. The van der Waals surface area contributed by atoms with Crippen molar-refractivity contribution in [2.45, 2.75) is 65.4 Å². The summed E-state index contributed by atoms with van der Waals surface area (Å²) in [4.78, 5) is 11.4. The number of carbonyl (C=O) groups is 1. The molecule has 18 heavy (non-hydrogen) atoms. The van der Waals surface area contributed by atoms with Crippen LogP contribution in [0.3, 0.4) is 0 Å². The van der Waals surface area contributed by atoms with Gasteiger partial charge in [-0.1, -0.05) is 19.8 Å². The minimum absolute atomic E-state index is 0.242. The van der Waals surface area contributed by atoms with E-state index in [1.165, 1.54) is 0 Å². The molecule has 1 amide bonds. The summed E-state index contributed by atoms with van der Waals surface area (Å²) >= 11 is 0. The highest BCUT2D eigenvalue weighted by Gasteiger charge is 2.15. The van der Waals surface area contributed by atoms with Gasteiger partial charge in [0.25, 0.3) is 0 Å². The molecular formula is C14H29NO3. The van der Waals surface area contributed by atoms with Crippen LogP contribution >= 0.6 is 0 Å². The second-order valence-electron chi connectivity index (χ2n) is 5.76. The van der Waals surface area contributed by atoms with Crippen LogP contribution in [-0.4, -0.2) is 30.0 Å². The molecule has 0 heterocycles. The molecule has 108 valence electrons. The van der Waals surface area contributed by atoms with Crippen LogP contribution < -0.4 is 5.32 Å². The van der Waals surface area contributed by atoms with Crippen molar-refractivity contribution in [3.8, 4) is 0 Å². The minimum atomic E-state index is -0.446. The number of hydrogen-bond acceptors (Lipinski definition) is 3. The van der Waals surface area contributed by atoms with Crippen LogP contribution in [0.25, 0.3) is 0 Å². The number of alkyl carbamates (subject to hydrolysis) is 1. The molecule has 4 nitrogen and oxygen atoms in total. The van der Waals surface area contributed by atoms with Gasteiger partial charge in [0.2, 0.25) is 0 Å². The van der Waals surface area contributed by atoms with E-state index in [9.17, 15) is 9.90 Å². The molecule has 1 unspecified atom stereocenters. The number of aliphatic hydroxyl groups is 1. The van der Waals surface area contributed by atoms with Gasteiger partial charge in [-0.3, -0.25) is 0 Å². The van der Waals surface area contributed by atoms with Crippen molar-refractivity contribution in [1.29, 1.82) is 0 Å². The van der Waals surface area contributed by atoms with E-state index in [0.717, 1.165) is 32.1 Å². The van der Waals surface area contributed by atoms with E-state index in [4.69, 9.17) is 4.74 Å². The van der Waals surface area contributed by atoms with Crippen molar-refractivity contribution < 1.29 is 14.6 Å². The van der Waals surface area contributed by atoms with E-state index in [-0.39, 0.29) is 12.7 Å². The van der Waals surface area contributed by atoms with E-state index in [2.05, 4.69) is 12.2 Å². The van der Waals surface area contributed by atoms with E-state index in [1.807, 2.05) is 20.8 Å². The first kappa shape index (κ1) is 17.2. The lowest BCUT2D eigenvalue weighted by Crippen LogP contribution is -2.33. The summed E-state index contributed by atoms with van der Waals surface area (Å²) in [6.07, 6.45) is 4.86. The maximum absolute atomic E-state index is 11.4. The van der Waals surface area contributed by atoms with Crippen LogP contribution in [0.1, 0.15) is 59.8 Å². The minimum Gasteiger partial charge on any atom is -0.444 e. The molecule has 0 aliphatic rings. The monoisotopic (exact) mass is 259 g/mol. The van der Waals surface area contributed by atoms with Gasteiger partial charge in [0.1, 0.15) is 5.60 Å². The Balaban J connectivity index is 3.62. The van der Waals surface area contributed by atoms with Gasteiger partial charge in [-0.2, -0.15) is 0 Å². The molecule has 0 fully saturated rings. The van der Waals surface area contributed by atoms with Gasteiger partial charge in [0.15, 0.2) is 0 Å². The van der Waals surface area contributed by atoms with Gasteiger partial charge in [0.05, 0.1) is 0 Å². The van der Waals surface area contributed by atoms with Gasteiger partial charge in [-0.15, -0.1) is 0 Å². The molecule has 0 aromatic heterocycles. The Bertz CT molecular complexity index is 224. The maximum atomic E-state index is 11.4. The molecule has 0 radical (unpaired) electrons. The second-order valence-corrected chi connectivity index (χ2v) is 5.76. The Hall–Kier alpha value is -0.770. The normalized spacial score (nSPS) is 13.2. The molecule has 0 rings (SSSR count). The predicted molar refractivity (Wildman–Crippen MR) is 73.6 cm³/mol. The van der Waals surface area contributed by atoms with Crippen LogP contribution in [0.15, 0.2) is 0 Å². The van der Waals surface area contributed by atoms with Crippen molar-refractivity contribution in [2.24, 2.45) is 5.92 Å². The molecule has 0 aromatic rings. The number of unbranched alkanes of at least 4 members (excludes halogenated alkanes) is 1. The van der Waals surface area contributed by atoms with Gasteiger partial charge in [0, 0.05) is 13.2 Å². The van der Waals surface area contributed by atoms with E-state index >= 15 is 0 Å². The molecule has 0 spiro atoms. The van der Waals surface area contributed by atoms with Crippen molar-refractivity contribution in [1.82, 2.24) is 5.32 Å². The summed E-state index contributed by atoms with van der Waals surface area (Å²) < 4.78 is 5.14. The first-order chi connectivity index (χ1) is 8.39. The predicted octanol–water partition coefficient (Wildman–Crippen LogP) is 3.09. The van der Waals surface area contributed by atoms with Crippen LogP contribution in [0, 0.1) is 5.92 Å². The number of nitrogens with one attached hydrogen (secondary N) is 1. The number of ether oxygens (including phenoxy) is 1. The number of amides is 1. The maximum Gasteiger partial charge on any atom is 0.407 e. The lowest BCUT2D eigenvalue weighted by molar-refractivity contribution is 0.0526. The summed E-state index contributed by atoms with van der Waals surface area (Å²) in [5.41, 5.74) is -0.446. The summed E-state index contributed by atoms with van der Waals surface area (Å²) in [5.74, 6) is 0.366. The highest BCUT2D eigenvalue weighted by Crippen LogP contribution is 2.13. The van der Waals surface area contributed by atoms with Gasteiger partial charge in [-0.05, 0) is 46.0 Å². The molecule has 4 heteroatoms. The number of hydrogen-bond donors (Lipinski definition) is 2. The van der Waals surface area contributed by atoms with Crippen LogP contribution in [0.5, 0.6) is 0 Å². The Morgan fingerprint density at radius 1 is 1.28 bits per heavy atom. The highest BCUT2D eigenvalue weighted by atomic mass is 16.6. The summed E-state index contributed by atoms with van der Waals surface area (Å²) in [7, 11) is 0. The Kier molecular flexibility index (Phi) is 8.81. The second kappa shape index (κ2) is 9.20. The number of rotatable bonds is 8. The average Bonchev–Trinajstić information content (AvgIpc) is 2.26. The Morgan fingerprint density at radius 2 is 1.89 bits per heavy atom. The zero-order chi connectivity index (χ0) is 14.0. The zero-order valence-corrected chi connectivity index (χ0v) is 12.3. The molecule has 0 aliphatic carbocycles. The fraction of sp³-hybridized carbons (Fsp3) is 0.929. The summed E-state index contributed by atoms with van der Waals surface area (Å²) in [6.45, 7) is 8.54. The average molecular weight is 259 g/mol. The van der Waals surface area contributed by atoms with E-state index in [0.29, 0.717) is 12.5 Å². The topological polar surface area (TPSA) is 58.6 Å². The highest BCUT2D eigenvalue weighted by molar-refractivity contribution is 5.67. The van der Waals surface area contributed by atoms with Crippen LogP contribution in [-0.2, 0) is 4.74 Å². The van der Waals surface area contributed by atoms with Gasteiger partial charge >= 0.3 is 6.09 Å². The fourth-order valence-corrected chi connectivity index (χ4v) is 1.72. The first-order valence-corrected chi connectivity index (χ1v) is 6.96. The molecular weight excluding hydrogens is 230 g/mol. The molecule has 0 bridgehead atoms. The summed E-state index contributed by atoms with van der Waals surface area (Å²) in [6, 6.07) is 0. The fourth-order valence-electron chi connectivity index (χ4n) is 1.72. The van der Waals surface area contributed by atoms with Crippen molar-refractivity contribution >= 4 is 6.09 Å². The quantitative estimate of drug-likeness (QED) is 0.659. The molecule has 1 atom stereocenters. The van der Waals surface area contributed by atoms with Crippen molar-refractivity contribution in [3.63, 3.8) is 0 Å². The van der Waals surface area contributed by atoms with Gasteiger partial charge in [-0.25, -0.2) is 4.79 Å². The zero-order valence-electron chi connectivity index (χ0n) is 12.3. The lowest BCUT2D eigenvalue weighted by atomic mass is 9.98. The smallest absolute Gasteiger partial charge is 0.407 e. The van der Waals surface area contributed by atoms with Gasteiger partial charge < -0.3 is 15.2 Å². The molecule has 0 aliphatic heterocycles. The SMILES string of the molecule is CCCCC(CO)CCCNC(=O)OC(C)(C)C. The largest absolute Gasteiger partial charge is 0.444 e. The third kappa shape index (κ3) is 10.4. The Labute approximate surface area is 111 Å².